The largest absolute Gasteiger partial charge is 0.416 e. The van der Waals surface area contributed by atoms with E-state index in [1.54, 1.807) is 0 Å². The molecule has 0 aromatic rings. The molecule has 1 aliphatic rings. The highest BCUT2D eigenvalue weighted by Gasteiger charge is 2.52. The lowest BCUT2D eigenvalue weighted by molar-refractivity contribution is 0.233. The Labute approximate surface area is 167 Å². The van der Waals surface area contributed by atoms with Crippen LogP contribution in [0.25, 0.3) is 0 Å². The number of hydrogen-bond donors (Lipinski definition) is 0. The van der Waals surface area contributed by atoms with Crippen LogP contribution in [-0.2, 0) is 16.5 Å². The molecule has 156 valence electrons. The molecule has 0 aliphatic carbocycles. The summed E-state index contributed by atoms with van der Waals surface area (Å²) in [5.41, 5.74) is 0. The minimum absolute atomic E-state index is 1.06. The Morgan fingerprint density at radius 1 is 0.462 bits per heavy atom. The molecule has 1 fully saturated rings. The zero-order chi connectivity index (χ0) is 19.9. The van der Waals surface area contributed by atoms with Crippen LogP contribution >= 0.6 is 0 Å². The van der Waals surface area contributed by atoms with Gasteiger partial charge in [-0.1, -0.05) is 64.7 Å². The maximum absolute atomic E-state index is 6.63. The summed E-state index contributed by atoms with van der Waals surface area (Å²) in [6.45, 7) is 17.3. The fourth-order valence-electron chi connectivity index (χ4n) is 4.17. The van der Waals surface area contributed by atoms with E-state index in [0.717, 1.165) is 6.04 Å². The molecule has 1 heterocycles. The van der Waals surface area contributed by atoms with Crippen LogP contribution in [-0.4, -0.2) is 34.2 Å². The summed E-state index contributed by atoms with van der Waals surface area (Å²) in [7, 11) is -8.83. The maximum atomic E-state index is 6.63. The zero-order valence-corrected chi connectivity index (χ0v) is 22.7. The third kappa shape index (κ3) is 10.3. The van der Waals surface area contributed by atoms with Crippen molar-refractivity contribution in [2.24, 2.45) is 0 Å². The van der Waals surface area contributed by atoms with Gasteiger partial charge in [-0.2, -0.15) is 0 Å². The second-order valence-corrected chi connectivity index (χ2v) is 23.8. The predicted octanol–water partition coefficient (Wildman–Crippen LogP) is 6.77. The van der Waals surface area contributed by atoms with Crippen LogP contribution in [0.15, 0.2) is 0 Å². The quantitative estimate of drug-likeness (QED) is 0.279. The first-order chi connectivity index (χ1) is 11.9. The van der Waals surface area contributed by atoms with E-state index in [-0.39, 0.29) is 0 Å². The van der Waals surface area contributed by atoms with Gasteiger partial charge in [0.05, 0.1) is 0 Å². The van der Waals surface area contributed by atoms with Gasteiger partial charge in [-0.3, -0.25) is 0 Å². The molecule has 0 spiro atoms. The van der Waals surface area contributed by atoms with Crippen molar-refractivity contribution in [1.29, 1.82) is 0 Å². The van der Waals surface area contributed by atoms with Gasteiger partial charge in [-0.25, -0.2) is 0 Å². The molecule has 0 N–H and O–H groups in total. The second-order valence-electron chi connectivity index (χ2n) is 9.32. The lowest BCUT2D eigenvalue weighted by atomic mass is 10.1. The third-order valence-corrected chi connectivity index (χ3v) is 21.2. The first-order valence-electron chi connectivity index (χ1n) is 10.7. The zero-order valence-electron chi connectivity index (χ0n) is 18.7. The summed E-state index contributed by atoms with van der Waals surface area (Å²) < 4.78 is 26.1. The van der Waals surface area contributed by atoms with E-state index >= 15 is 0 Å². The maximum Gasteiger partial charge on any atom is 0.317 e. The number of unbranched alkanes of at least 4 members (excludes halogenated alkanes) is 8. The van der Waals surface area contributed by atoms with Gasteiger partial charge in [0.1, 0.15) is 0 Å². The smallest absolute Gasteiger partial charge is 0.317 e. The van der Waals surface area contributed by atoms with Gasteiger partial charge in [0, 0.05) is 0 Å². The van der Waals surface area contributed by atoms with Crippen molar-refractivity contribution in [3.05, 3.63) is 0 Å². The van der Waals surface area contributed by atoms with Crippen LogP contribution in [0.2, 0.25) is 51.9 Å². The fraction of sp³-hybridized carbons (Fsp3) is 1.00. The highest BCUT2D eigenvalue weighted by Crippen LogP contribution is 2.33. The lowest BCUT2D eigenvalue weighted by Crippen LogP contribution is -2.64. The van der Waals surface area contributed by atoms with Crippen LogP contribution in [0.5, 0.6) is 0 Å². The molecule has 1 rings (SSSR count). The van der Waals surface area contributed by atoms with Crippen molar-refractivity contribution in [2.75, 3.05) is 0 Å². The lowest BCUT2D eigenvalue weighted by Gasteiger charge is -2.47. The summed E-state index contributed by atoms with van der Waals surface area (Å²) in [6.07, 6.45) is 12.1. The molecule has 0 aromatic carbocycles. The van der Waals surface area contributed by atoms with E-state index in [4.69, 9.17) is 16.5 Å². The minimum atomic E-state index is -2.24. The van der Waals surface area contributed by atoms with Crippen molar-refractivity contribution in [1.82, 2.24) is 0 Å². The van der Waals surface area contributed by atoms with Gasteiger partial charge in [0.15, 0.2) is 0 Å². The number of hydrogen-bond acceptors (Lipinski definition) is 4. The Balaban J connectivity index is 2.45. The molecule has 0 saturated carbocycles. The monoisotopic (exact) mass is 436 g/mol. The minimum Gasteiger partial charge on any atom is -0.416 e. The third-order valence-electron chi connectivity index (χ3n) is 4.64. The van der Waals surface area contributed by atoms with Crippen molar-refractivity contribution in [3.63, 3.8) is 0 Å². The number of rotatable bonds is 10. The first kappa shape index (κ1) is 24.7. The van der Waals surface area contributed by atoms with Crippen LogP contribution in [0, 0.1) is 0 Å². The van der Waals surface area contributed by atoms with Gasteiger partial charge in [0.25, 0.3) is 0 Å². The average molecular weight is 437 g/mol. The molecule has 26 heavy (non-hydrogen) atoms. The molecule has 0 aromatic heterocycles. The summed E-state index contributed by atoms with van der Waals surface area (Å²) in [6, 6.07) is 1.06. The highest BCUT2D eigenvalue weighted by molar-refractivity contribution is 6.93. The van der Waals surface area contributed by atoms with Crippen LogP contribution < -0.4 is 0 Å². The summed E-state index contributed by atoms with van der Waals surface area (Å²) >= 11 is 0. The van der Waals surface area contributed by atoms with Gasteiger partial charge in [0.2, 0.25) is 0 Å². The van der Waals surface area contributed by atoms with Gasteiger partial charge < -0.3 is 16.5 Å². The Hall–Kier alpha value is 0.708. The highest BCUT2D eigenvalue weighted by atomic mass is 28.5. The molecule has 0 bridgehead atoms. The van der Waals surface area contributed by atoms with E-state index < -0.39 is 34.2 Å². The topological polar surface area (TPSA) is 36.9 Å². The van der Waals surface area contributed by atoms with E-state index in [2.05, 4.69) is 52.8 Å². The molecular weight excluding hydrogens is 393 g/mol. The van der Waals surface area contributed by atoms with Gasteiger partial charge >= 0.3 is 34.2 Å². The molecule has 8 heteroatoms. The van der Waals surface area contributed by atoms with Crippen molar-refractivity contribution >= 4 is 34.2 Å². The second kappa shape index (κ2) is 10.5. The molecule has 1 aliphatic heterocycles. The molecule has 4 nitrogen and oxygen atoms in total. The van der Waals surface area contributed by atoms with Crippen molar-refractivity contribution in [2.45, 2.75) is 117 Å². The Kier molecular flexibility index (Phi) is 9.97. The van der Waals surface area contributed by atoms with E-state index in [9.17, 15) is 0 Å². The molecule has 0 radical (unpaired) electrons. The Morgan fingerprint density at radius 2 is 0.808 bits per heavy atom. The molecular formula is C18H44O4Si4. The molecule has 1 saturated heterocycles. The van der Waals surface area contributed by atoms with Crippen LogP contribution in [0.3, 0.4) is 0 Å². The van der Waals surface area contributed by atoms with Crippen molar-refractivity contribution < 1.29 is 16.5 Å². The van der Waals surface area contributed by atoms with E-state index in [1.165, 1.54) is 57.8 Å². The standard InChI is InChI=1S/C18H44O4Si4/c1-9-10-11-12-13-14-15-16-17-18-26(8)21-24(4,5)19-23(2,3)20-25(6,7)22-26/h9-18H2,1-8H3. The van der Waals surface area contributed by atoms with Crippen LogP contribution in [0.1, 0.15) is 64.7 Å². The SMILES string of the molecule is CCCCCCCCCCC[Si]1(C)O[Si](C)(C)O[Si](C)(C)O[Si](C)(C)O1. The van der Waals surface area contributed by atoms with Crippen molar-refractivity contribution in [3.8, 4) is 0 Å². The first-order valence-corrected chi connectivity index (χ1v) is 21.7. The average Bonchev–Trinajstić information content (AvgIpc) is 2.40. The fourth-order valence-corrected chi connectivity index (χ4v) is 25.8. The Bertz CT molecular complexity index is 394. The van der Waals surface area contributed by atoms with Gasteiger partial charge in [-0.15, -0.1) is 0 Å². The van der Waals surface area contributed by atoms with Gasteiger partial charge in [-0.05, 0) is 51.9 Å². The summed E-state index contributed by atoms with van der Waals surface area (Å²) in [5, 5.41) is 0. The molecule has 0 atom stereocenters. The normalized spacial score (nSPS) is 24.0. The van der Waals surface area contributed by atoms with Crippen LogP contribution in [0.4, 0.5) is 0 Å². The van der Waals surface area contributed by atoms with E-state index in [0.29, 0.717) is 0 Å². The predicted molar refractivity (Wildman–Crippen MR) is 120 cm³/mol. The summed E-state index contributed by atoms with van der Waals surface area (Å²) in [4.78, 5) is 0. The molecule has 0 amide bonds. The Morgan fingerprint density at radius 3 is 1.23 bits per heavy atom. The summed E-state index contributed by atoms with van der Waals surface area (Å²) in [5.74, 6) is 0. The van der Waals surface area contributed by atoms with E-state index in [1.807, 2.05) is 0 Å². The molecule has 0 unspecified atom stereocenters.